The summed E-state index contributed by atoms with van der Waals surface area (Å²) >= 11 is 0. The van der Waals surface area contributed by atoms with Crippen LogP contribution in [0.4, 0.5) is 0 Å². The van der Waals surface area contributed by atoms with Gasteiger partial charge in [0.25, 0.3) is 0 Å². The van der Waals surface area contributed by atoms with Crippen LogP contribution in [0.2, 0.25) is 0 Å². The molecule has 130 valence electrons. The highest BCUT2D eigenvalue weighted by Gasteiger charge is 2.05. The molecule has 1 aliphatic rings. The molecule has 0 radical (unpaired) electrons. The Hall–Kier alpha value is -2.28. The maximum atomic E-state index is 4.24. The van der Waals surface area contributed by atoms with E-state index in [0.717, 1.165) is 23.7 Å². The second-order valence-electron chi connectivity index (χ2n) is 7.01. The summed E-state index contributed by atoms with van der Waals surface area (Å²) in [5, 5.41) is 4.50. The van der Waals surface area contributed by atoms with Crippen LogP contribution < -0.4 is 10.7 Å². The van der Waals surface area contributed by atoms with Crippen molar-refractivity contribution < 1.29 is 0 Å². The lowest BCUT2D eigenvalue weighted by molar-refractivity contribution is 0.504. The van der Waals surface area contributed by atoms with Gasteiger partial charge in [-0.05, 0) is 17.5 Å². The van der Waals surface area contributed by atoms with Gasteiger partial charge in [-0.25, -0.2) is 0 Å². The molecule has 1 nitrogen and oxygen atoms in total. The fourth-order valence-electron chi connectivity index (χ4n) is 3.16. The highest BCUT2D eigenvalue weighted by Crippen LogP contribution is 2.15. The third-order valence-electron chi connectivity index (χ3n) is 5.10. The van der Waals surface area contributed by atoms with E-state index in [4.69, 9.17) is 0 Å². The molecule has 0 unspecified atom stereocenters. The Balaban J connectivity index is 0.000000401. The number of aromatic nitrogens is 1. The van der Waals surface area contributed by atoms with E-state index in [1.807, 2.05) is 0 Å². The third-order valence-corrected chi connectivity index (χ3v) is 5.10. The molecule has 25 heavy (non-hydrogen) atoms. The number of rotatable bonds is 4. The molecule has 4 rings (SSSR count). The summed E-state index contributed by atoms with van der Waals surface area (Å²) in [4.78, 5) is 0. The molecule has 1 heteroatoms. The minimum Gasteiger partial charge on any atom is -0.337 e. The van der Waals surface area contributed by atoms with Gasteiger partial charge in [-0.1, -0.05) is 101 Å². The first-order valence-corrected chi connectivity index (χ1v) is 9.53. The number of nitrogens with zero attached hydrogens (tertiary/aromatic N) is 1. The van der Waals surface area contributed by atoms with Crippen molar-refractivity contribution in [2.75, 3.05) is 0 Å². The number of benzene rings is 2. The van der Waals surface area contributed by atoms with Crippen LogP contribution in [0.3, 0.4) is 0 Å². The van der Waals surface area contributed by atoms with Gasteiger partial charge in [0.2, 0.25) is 0 Å². The number of hydrogen-bond donors (Lipinski definition) is 0. The summed E-state index contributed by atoms with van der Waals surface area (Å²) < 4.78 is 2.21. The SMILES string of the molecule is C1CCC1.C=c1c2ccccc2c(=C)n1Cc1ccc(CCC)cc1. The van der Waals surface area contributed by atoms with Gasteiger partial charge in [0.1, 0.15) is 0 Å². The van der Waals surface area contributed by atoms with Gasteiger partial charge in [-0.15, -0.1) is 0 Å². The predicted molar refractivity (Wildman–Crippen MR) is 110 cm³/mol. The molecule has 0 N–H and O–H groups in total. The van der Waals surface area contributed by atoms with Gasteiger partial charge in [0, 0.05) is 28.0 Å². The molecule has 1 aliphatic carbocycles. The lowest BCUT2D eigenvalue weighted by Gasteiger charge is -2.06. The fourth-order valence-corrected chi connectivity index (χ4v) is 3.16. The van der Waals surface area contributed by atoms with Crippen molar-refractivity contribution in [3.63, 3.8) is 0 Å². The summed E-state index contributed by atoms with van der Waals surface area (Å²) in [7, 11) is 0. The van der Waals surface area contributed by atoms with E-state index in [1.165, 1.54) is 54.0 Å². The zero-order chi connectivity index (χ0) is 17.6. The van der Waals surface area contributed by atoms with Crippen molar-refractivity contribution in [3.8, 4) is 0 Å². The molecule has 0 atom stereocenters. The van der Waals surface area contributed by atoms with E-state index in [2.05, 4.69) is 73.2 Å². The Labute approximate surface area is 151 Å². The van der Waals surface area contributed by atoms with Gasteiger partial charge < -0.3 is 4.57 Å². The first kappa shape index (κ1) is 17.5. The van der Waals surface area contributed by atoms with Crippen LogP contribution in [0.25, 0.3) is 23.9 Å². The summed E-state index contributed by atoms with van der Waals surface area (Å²) in [6.45, 7) is 11.5. The normalized spacial score (nSPS) is 13.2. The quantitative estimate of drug-likeness (QED) is 0.632. The molecule has 0 saturated heterocycles. The van der Waals surface area contributed by atoms with Crippen LogP contribution in [-0.2, 0) is 13.0 Å². The fraction of sp³-hybridized carbons (Fsp3) is 0.333. The second-order valence-corrected chi connectivity index (χ2v) is 7.01. The lowest BCUT2D eigenvalue weighted by atomic mass is 10.0. The summed E-state index contributed by atoms with van der Waals surface area (Å²) in [5.74, 6) is 0. The largest absolute Gasteiger partial charge is 0.337 e. The van der Waals surface area contributed by atoms with Crippen LogP contribution in [0.5, 0.6) is 0 Å². The topological polar surface area (TPSA) is 4.93 Å². The molecule has 1 heterocycles. The lowest BCUT2D eigenvalue weighted by Crippen LogP contribution is -2.25. The predicted octanol–water partition coefficient (Wildman–Crippen LogP) is 5.02. The van der Waals surface area contributed by atoms with Crippen LogP contribution in [-0.4, -0.2) is 4.57 Å². The van der Waals surface area contributed by atoms with Crippen LogP contribution in [0.15, 0.2) is 48.5 Å². The molecule has 3 aromatic rings. The second kappa shape index (κ2) is 8.20. The van der Waals surface area contributed by atoms with E-state index in [1.54, 1.807) is 0 Å². The minimum absolute atomic E-state index is 0.832. The zero-order valence-electron chi connectivity index (χ0n) is 15.4. The first-order valence-electron chi connectivity index (χ1n) is 9.53. The number of hydrogen-bond acceptors (Lipinski definition) is 0. The van der Waals surface area contributed by atoms with E-state index >= 15 is 0 Å². The molecule has 0 bridgehead atoms. The molecule has 0 aliphatic heterocycles. The molecule has 1 fully saturated rings. The molecule has 1 aromatic heterocycles. The van der Waals surface area contributed by atoms with Crippen molar-refractivity contribution in [2.24, 2.45) is 0 Å². The Kier molecular flexibility index (Phi) is 5.75. The summed E-state index contributed by atoms with van der Waals surface area (Å²) in [6.07, 6.45) is 8.34. The standard InChI is InChI=1S/C20H21N.C4H8/c1-4-7-17-10-12-18(13-11-17)14-21-15(2)19-8-5-6-9-20(19)16(21)3;1-2-4-3-1/h5-6,8-13H,2-4,7,14H2,1H3;1-4H2. The van der Waals surface area contributed by atoms with Gasteiger partial charge in [-0.3, -0.25) is 0 Å². The molecule has 0 spiro atoms. The van der Waals surface area contributed by atoms with Crippen LogP contribution in [0.1, 0.15) is 50.2 Å². The van der Waals surface area contributed by atoms with E-state index in [-0.39, 0.29) is 0 Å². The average molecular weight is 332 g/mol. The van der Waals surface area contributed by atoms with Crippen LogP contribution in [0, 0.1) is 0 Å². The van der Waals surface area contributed by atoms with E-state index in [9.17, 15) is 0 Å². The maximum Gasteiger partial charge on any atom is 0.0481 e. The Morgan fingerprint density at radius 3 is 1.68 bits per heavy atom. The van der Waals surface area contributed by atoms with Crippen molar-refractivity contribution in [2.45, 2.75) is 52.0 Å². The molecule has 2 aromatic carbocycles. The Bertz CT molecular complexity index is 860. The van der Waals surface area contributed by atoms with Crippen molar-refractivity contribution in [3.05, 3.63) is 70.4 Å². The van der Waals surface area contributed by atoms with Crippen molar-refractivity contribution in [1.29, 1.82) is 0 Å². The van der Waals surface area contributed by atoms with Gasteiger partial charge in [-0.2, -0.15) is 0 Å². The summed E-state index contributed by atoms with van der Waals surface area (Å²) in [5.41, 5.74) is 2.70. The smallest absolute Gasteiger partial charge is 0.0481 e. The van der Waals surface area contributed by atoms with Gasteiger partial charge >= 0.3 is 0 Å². The summed E-state index contributed by atoms with van der Waals surface area (Å²) in [6, 6.07) is 17.2. The van der Waals surface area contributed by atoms with E-state index in [0.29, 0.717) is 0 Å². The Morgan fingerprint density at radius 2 is 1.24 bits per heavy atom. The van der Waals surface area contributed by atoms with Gasteiger partial charge in [0.15, 0.2) is 0 Å². The highest BCUT2D eigenvalue weighted by atomic mass is 15.0. The molecular weight excluding hydrogens is 302 g/mol. The average Bonchev–Trinajstić information content (AvgIpc) is 2.81. The number of fused-ring (bicyclic) bond motifs is 1. The molecular formula is C24H29N. The van der Waals surface area contributed by atoms with Crippen molar-refractivity contribution >= 4 is 23.9 Å². The van der Waals surface area contributed by atoms with Crippen LogP contribution >= 0.6 is 0 Å². The van der Waals surface area contributed by atoms with Gasteiger partial charge in [0.05, 0.1) is 0 Å². The van der Waals surface area contributed by atoms with Crippen molar-refractivity contribution in [1.82, 2.24) is 4.57 Å². The molecule has 0 amide bonds. The number of aryl methyl sites for hydroxylation is 1. The maximum absolute atomic E-state index is 4.24. The third kappa shape index (κ3) is 4.04. The van der Waals surface area contributed by atoms with E-state index < -0.39 is 0 Å². The Morgan fingerprint density at radius 1 is 0.760 bits per heavy atom. The first-order chi connectivity index (χ1) is 12.2. The monoisotopic (exact) mass is 331 g/mol. The molecule has 1 saturated carbocycles. The highest BCUT2D eigenvalue weighted by molar-refractivity contribution is 5.83. The zero-order valence-corrected chi connectivity index (χ0v) is 15.4. The minimum atomic E-state index is 0.832.